The fourth-order valence-electron chi connectivity index (χ4n) is 1.77. The SMILES string of the molecule is S=C1CC=CC=C1C1=CSCSN1C1=NCSN=[C]1. The predicted molar refractivity (Wildman–Crippen MR) is 91.7 cm³/mol. The van der Waals surface area contributed by atoms with Crippen molar-refractivity contribution in [2.75, 3.05) is 11.0 Å². The lowest BCUT2D eigenvalue weighted by molar-refractivity contribution is 0.867. The Hall–Kier alpha value is -0.500. The van der Waals surface area contributed by atoms with Gasteiger partial charge < -0.3 is 0 Å². The molecule has 1 aliphatic carbocycles. The number of hydrogen-bond donors (Lipinski definition) is 0. The molecule has 0 aromatic rings. The average Bonchev–Trinajstić information content (AvgIpc) is 2.49. The van der Waals surface area contributed by atoms with Crippen molar-refractivity contribution in [3.05, 3.63) is 34.9 Å². The number of rotatable bonds is 1. The van der Waals surface area contributed by atoms with Gasteiger partial charge in [0.15, 0.2) is 5.84 Å². The van der Waals surface area contributed by atoms with E-state index >= 15 is 0 Å². The van der Waals surface area contributed by atoms with Crippen molar-refractivity contribution in [1.82, 2.24) is 4.31 Å². The zero-order chi connectivity index (χ0) is 13.1. The summed E-state index contributed by atoms with van der Waals surface area (Å²) in [5, 5.41) is 3.12. The van der Waals surface area contributed by atoms with Crippen LogP contribution in [0.25, 0.3) is 0 Å². The fraction of sp³-hybridized carbons (Fsp3) is 0.250. The van der Waals surface area contributed by atoms with Crippen molar-refractivity contribution in [2.45, 2.75) is 6.42 Å². The molecule has 0 atom stereocenters. The van der Waals surface area contributed by atoms with E-state index in [1.165, 1.54) is 11.9 Å². The second-order valence-corrected chi connectivity index (χ2v) is 7.12. The summed E-state index contributed by atoms with van der Waals surface area (Å²) in [7, 11) is 0. The molecular weight excluding hydrogens is 314 g/mol. The van der Waals surface area contributed by atoms with Crippen LogP contribution in [0.15, 0.2) is 44.3 Å². The minimum Gasteiger partial charge on any atom is -0.265 e. The van der Waals surface area contributed by atoms with Crippen LogP contribution in [0.1, 0.15) is 6.42 Å². The van der Waals surface area contributed by atoms with Crippen molar-refractivity contribution >= 4 is 64.8 Å². The lowest BCUT2D eigenvalue weighted by Gasteiger charge is -2.30. The molecule has 0 aromatic carbocycles. The second-order valence-electron chi connectivity index (χ2n) is 3.79. The van der Waals surface area contributed by atoms with E-state index in [1.807, 2.05) is 0 Å². The predicted octanol–water partition coefficient (Wildman–Crippen LogP) is 3.70. The summed E-state index contributed by atoms with van der Waals surface area (Å²) in [5.74, 6) is 1.44. The van der Waals surface area contributed by atoms with Gasteiger partial charge in [0, 0.05) is 16.9 Å². The maximum absolute atomic E-state index is 5.47. The van der Waals surface area contributed by atoms with Crippen molar-refractivity contribution in [3.63, 3.8) is 0 Å². The van der Waals surface area contributed by atoms with Crippen LogP contribution in [0.5, 0.6) is 0 Å². The standard InChI is InChI=1S/C12H10N3S4/c16-11-4-2-1-3-9(11)10-6-17-8-19-15(10)12-5-14-18-7-13-12/h1-3,6H,4,7-8H2. The summed E-state index contributed by atoms with van der Waals surface area (Å²) in [5.41, 5.74) is 2.21. The van der Waals surface area contributed by atoms with Gasteiger partial charge in [-0.3, -0.25) is 9.30 Å². The Balaban J connectivity index is 1.93. The molecule has 3 aliphatic rings. The van der Waals surface area contributed by atoms with Gasteiger partial charge >= 0.3 is 0 Å². The van der Waals surface area contributed by atoms with Gasteiger partial charge in [0.1, 0.15) is 12.1 Å². The van der Waals surface area contributed by atoms with E-state index in [2.05, 4.69) is 43.5 Å². The molecule has 0 unspecified atom stereocenters. The van der Waals surface area contributed by atoms with Crippen molar-refractivity contribution in [1.29, 1.82) is 0 Å². The van der Waals surface area contributed by atoms with Crippen LogP contribution in [0, 0.1) is 0 Å². The Bertz CT molecular complexity index is 545. The first kappa shape index (κ1) is 13.5. The molecule has 19 heavy (non-hydrogen) atoms. The van der Waals surface area contributed by atoms with Crippen LogP contribution in [0.2, 0.25) is 0 Å². The van der Waals surface area contributed by atoms with E-state index in [1.54, 1.807) is 23.7 Å². The number of aliphatic imine (C=N–C) groups is 1. The van der Waals surface area contributed by atoms with E-state index in [4.69, 9.17) is 12.2 Å². The minimum atomic E-state index is 0.656. The topological polar surface area (TPSA) is 28.0 Å². The van der Waals surface area contributed by atoms with Gasteiger partial charge in [0.25, 0.3) is 0 Å². The van der Waals surface area contributed by atoms with E-state index in [0.29, 0.717) is 5.88 Å². The Kier molecular flexibility index (Phi) is 4.47. The summed E-state index contributed by atoms with van der Waals surface area (Å²) in [6.45, 7) is 0. The van der Waals surface area contributed by atoms with Gasteiger partial charge in [-0.1, -0.05) is 30.4 Å². The van der Waals surface area contributed by atoms with Crippen LogP contribution in [-0.2, 0) is 0 Å². The van der Waals surface area contributed by atoms with Gasteiger partial charge in [-0.15, -0.1) is 11.8 Å². The molecular formula is C12H10N3S4. The lowest BCUT2D eigenvalue weighted by Crippen LogP contribution is -2.30. The van der Waals surface area contributed by atoms with E-state index in [-0.39, 0.29) is 0 Å². The van der Waals surface area contributed by atoms with Crippen molar-refractivity contribution in [2.24, 2.45) is 9.39 Å². The molecule has 2 heterocycles. The normalized spacial score (nSPS) is 23.1. The van der Waals surface area contributed by atoms with Gasteiger partial charge in [-0.05, 0) is 29.3 Å². The van der Waals surface area contributed by atoms with Crippen molar-refractivity contribution in [3.8, 4) is 0 Å². The molecule has 0 spiro atoms. The molecule has 0 bridgehead atoms. The van der Waals surface area contributed by atoms with Crippen molar-refractivity contribution < 1.29 is 0 Å². The first-order valence-electron chi connectivity index (χ1n) is 5.64. The third-order valence-electron chi connectivity index (χ3n) is 2.62. The first-order chi connectivity index (χ1) is 9.36. The van der Waals surface area contributed by atoms with Crippen LogP contribution < -0.4 is 0 Å². The molecule has 1 radical (unpaired) electrons. The maximum atomic E-state index is 5.47. The van der Waals surface area contributed by atoms with E-state index < -0.39 is 0 Å². The third kappa shape index (κ3) is 2.99. The molecule has 0 N–H and O–H groups in total. The number of amidine groups is 1. The molecule has 2 aliphatic heterocycles. The Labute approximate surface area is 130 Å². The molecule has 0 aromatic heterocycles. The monoisotopic (exact) mass is 324 g/mol. The lowest BCUT2D eigenvalue weighted by atomic mass is 10.0. The average molecular weight is 325 g/mol. The maximum Gasteiger partial charge on any atom is 0.168 e. The highest BCUT2D eigenvalue weighted by atomic mass is 32.2. The van der Waals surface area contributed by atoms with E-state index in [9.17, 15) is 0 Å². The third-order valence-corrected chi connectivity index (χ3v) is 5.45. The largest absolute Gasteiger partial charge is 0.265 e. The van der Waals surface area contributed by atoms with Crippen LogP contribution in [-0.4, -0.2) is 32.2 Å². The molecule has 0 saturated carbocycles. The van der Waals surface area contributed by atoms with Crippen LogP contribution >= 0.6 is 47.9 Å². The smallest absolute Gasteiger partial charge is 0.168 e. The first-order valence-corrected chi connectivity index (χ1v) is 8.98. The fourth-order valence-corrected chi connectivity index (χ4v) is 4.33. The zero-order valence-corrected chi connectivity index (χ0v) is 13.2. The molecule has 0 amide bonds. The highest BCUT2D eigenvalue weighted by molar-refractivity contribution is 8.17. The second kappa shape index (κ2) is 6.30. The Morgan fingerprint density at radius 2 is 2.37 bits per heavy atom. The van der Waals surface area contributed by atoms with Gasteiger partial charge in [0.05, 0.1) is 10.8 Å². The number of hydrogen-bond acceptors (Lipinski definition) is 7. The molecule has 7 heteroatoms. The summed E-state index contributed by atoms with van der Waals surface area (Å²) < 4.78 is 6.21. The van der Waals surface area contributed by atoms with E-state index in [0.717, 1.165) is 33.5 Å². The van der Waals surface area contributed by atoms with Gasteiger partial charge in [-0.25, -0.2) is 4.40 Å². The summed E-state index contributed by atoms with van der Waals surface area (Å²) >= 11 is 10.4. The molecule has 0 saturated heterocycles. The molecule has 3 rings (SSSR count). The highest BCUT2D eigenvalue weighted by Crippen LogP contribution is 2.36. The van der Waals surface area contributed by atoms with Crippen LogP contribution in [0.3, 0.4) is 0 Å². The summed E-state index contributed by atoms with van der Waals surface area (Å²) in [6.07, 6.45) is 10.0. The number of thiocarbonyl (C=S) groups is 1. The summed E-state index contributed by atoms with van der Waals surface area (Å²) in [6, 6.07) is 0. The zero-order valence-electron chi connectivity index (χ0n) is 9.91. The number of allylic oxidation sites excluding steroid dienone is 4. The number of thioether (sulfide) groups is 1. The van der Waals surface area contributed by atoms with Gasteiger partial charge in [-0.2, -0.15) is 0 Å². The Morgan fingerprint density at radius 1 is 1.42 bits per heavy atom. The molecule has 3 nitrogen and oxygen atoms in total. The molecule has 97 valence electrons. The quantitative estimate of drug-likeness (QED) is 0.541. The Morgan fingerprint density at radius 3 is 3.16 bits per heavy atom. The van der Waals surface area contributed by atoms with Gasteiger partial charge in [0.2, 0.25) is 0 Å². The molecule has 0 fully saturated rings. The summed E-state index contributed by atoms with van der Waals surface area (Å²) in [4.78, 5) is 5.44. The number of nitrogens with zero attached hydrogens (tertiary/aromatic N) is 3. The minimum absolute atomic E-state index is 0.656. The highest BCUT2D eigenvalue weighted by Gasteiger charge is 2.25. The van der Waals surface area contributed by atoms with Crippen LogP contribution in [0.4, 0.5) is 0 Å².